The molecule has 0 unspecified atom stereocenters. The van der Waals surface area contributed by atoms with E-state index in [1.165, 1.54) is 32.9 Å². The van der Waals surface area contributed by atoms with Gasteiger partial charge < -0.3 is 13.9 Å². The van der Waals surface area contributed by atoms with Crippen LogP contribution in [0.3, 0.4) is 0 Å². The number of furan rings is 1. The van der Waals surface area contributed by atoms with E-state index in [-0.39, 0.29) is 0 Å². The average molecular weight is 653 g/mol. The fourth-order valence-electron chi connectivity index (χ4n) is 7.67. The Balaban J connectivity index is 1.17. The number of anilines is 3. The van der Waals surface area contributed by atoms with Gasteiger partial charge in [0.15, 0.2) is 0 Å². The summed E-state index contributed by atoms with van der Waals surface area (Å²) >= 11 is 0. The van der Waals surface area contributed by atoms with E-state index in [2.05, 4.69) is 191 Å². The molecule has 2 heterocycles. The average Bonchev–Trinajstić information content (AvgIpc) is 3.76. The molecule has 0 atom stereocenters. The van der Waals surface area contributed by atoms with Gasteiger partial charge in [0.2, 0.25) is 0 Å². The van der Waals surface area contributed by atoms with Gasteiger partial charge in [-0.25, -0.2) is 0 Å². The van der Waals surface area contributed by atoms with Crippen LogP contribution in [0, 0.1) is 0 Å². The van der Waals surface area contributed by atoms with Crippen LogP contribution < -0.4 is 4.90 Å². The van der Waals surface area contributed by atoms with E-state index >= 15 is 0 Å². The van der Waals surface area contributed by atoms with Crippen LogP contribution in [-0.4, -0.2) is 4.57 Å². The largest absolute Gasteiger partial charge is 0.455 e. The SMILES string of the molecule is c1ccc(-c2ccc(N(c3ccc(-c4cccc5c4oc4ccccc45)cc3)c3cccc4c3c3ccccc3n4-c3ccccc3)cc2)cc1. The van der Waals surface area contributed by atoms with E-state index in [0.29, 0.717) is 0 Å². The van der Waals surface area contributed by atoms with Crippen LogP contribution in [-0.2, 0) is 0 Å². The highest BCUT2D eigenvalue weighted by molar-refractivity contribution is 6.16. The van der Waals surface area contributed by atoms with E-state index in [1.54, 1.807) is 0 Å². The fourth-order valence-corrected chi connectivity index (χ4v) is 7.67. The van der Waals surface area contributed by atoms with E-state index in [0.717, 1.165) is 55.8 Å². The predicted octanol–water partition coefficient (Wildman–Crippen LogP) is 13.5. The molecule has 0 aliphatic carbocycles. The van der Waals surface area contributed by atoms with Crippen molar-refractivity contribution in [1.82, 2.24) is 4.57 Å². The van der Waals surface area contributed by atoms with Crippen LogP contribution in [0.1, 0.15) is 0 Å². The number of hydrogen-bond donors (Lipinski definition) is 0. The molecule has 0 spiro atoms. The normalized spacial score (nSPS) is 11.5. The Kier molecular flexibility index (Phi) is 6.81. The minimum atomic E-state index is 0.907. The Hall–Kier alpha value is -6.84. The van der Waals surface area contributed by atoms with Crippen LogP contribution in [0.5, 0.6) is 0 Å². The summed E-state index contributed by atoms with van der Waals surface area (Å²) < 4.78 is 8.79. The molecule has 0 saturated carbocycles. The first-order valence-corrected chi connectivity index (χ1v) is 17.4. The molecular formula is C48H32N2O. The Morgan fingerprint density at radius 1 is 0.392 bits per heavy atom. The highest BCUT2D eigenvalue weighted by Crippen LogP contribution is 2.45. The molecule has 0 aliphatic rings. The van der Waals surface area contributed by atoms with Gasteiger partial charge in [0.25, 0.3) is 0 Å². The maximum atomic E-state index is 6.42. The summed E-state index contributed by atoms with van der Waals surface area (Å²) in [7, 11) is 0. The monoisotopic (exact) mass is 652 g/mol. The van der Waals surface area contributed by atoms with Crippen LogP contribution in [0.4, 0.5) is 17.1 Å². The Morgan fingerprint density at radius 2 is 0.961 bits per heavy atom. The third-order valence-electron chi connectivity index (χ3n) is 10.0. The van der Waals surface area contributed by atoms with Gasteiger partial charge >= 0.3 is 0 Å². The van der Waals surface area contributed by atoms with E-state index in [1.807, 2.05) is 12.1 Å². The van der Waals surface area contributed by atoms with E-state index in [4.69, 9.17) is 4.42 Å². The fraction of sp³-hybridized carbons (Fsp3) is 0. The molecule has 8 aromatic carbocycles. The molecule has 0 saturated heterocycles. The Morgan fingerprint density at radius 3 is 1.73 bits per heavy atom. The second-order valence-corrected chi connectivity index (χ2v) is 12.9. The molecule has 0 fully saturated rings. The standard InChI is InChI=1S/C48H32N2O/c1-3-13-33(14-4-1)34-25-29-37(30-26-34)49(38-31-27-35(28-32-38)39-19-11-20-41-40-17-8-10-24-46(40)51-48(39)41)44-22-12-23-45-47(44)42-18-7-9-21-43(42)50(45)36-15-5-2-6-16-36/h1-32H. The zero-order valence-electron chi connectivity index (χ0n) is 27.8. The molecule has 0 bridgehead atoms. The zero-order chi connectivity index (χ0) is 33.7. The molecule has 3 nitrogen and oxygen atoms in total. The van der Waals surface area contributed by atoms with Gasteiger partial charge in [-0.2, -0.15) is 0 Å². The number of rotatable bonds is 6. The van der Waals surface area contributed by atoms with Crippen molar-refractivity contribution >= 4 is 60.8 Å². The number of para-hydroxylation sites is 4. The number of aromatic nitrogens is 1. The molecule has 2 aromatic heterocycles. The summed E-state index contributed by atoms with van der Waals surface area (Å²) in [5.74, 6) is 0. The Bertz CT molecular complexity index is 2830. The van der Waals surface area contributed by atoms with Gasteiger partial charge in [-0.15, -0.1) is 0 Å². The van der Waals surface area contributed by atoms with Crippen molar-refractivity contribution in [2.45, 2.75) is 0 Å². The van der Waals surface area contributed by atoms with Gasteiger partial charge in [-0.1, -0.05) is 133 Å². The molecule has 10 rings (SSSR count). The molecule has 51 heavy (non-hydrogen) atoms. The highest BCUT2D eigenvalue weighted by atomic mass is 16.3. The number of hydrogen-bond acceptors (Lipinski definition) is 2. The van der Waals surface area contributed by atoms with Crippen molar-refractivity contribution in [1.29, 1.82) is 0 Å². The third kappa shape index (κ3) is 4.82. The van der Waals surface area contributed by atoms with Gasteiger partial charge in [0, 0.05) is 44.2 Å². The summed E-state index contributed by atoms with van der Waals surface area (Å²) in [6.45, 7) is 0. The highest BCUT2D eigenvalue weighted by Gasteiger charge is 2.21. The first kappa shape index (κ1) is 29.1. The van der Waals surface area contributed by atoms with Crippen LogP contribution in [0.2, 0.25) is 0 Å². The van der Waals surface area contributed by atoms with Crippen molar-refractivity contribution in [2.24, 2.45) is 0 Å². The lowest BCUT2D eigenvalue weighted by molar-refractivity contribution is 0.670. The smallest absolute Gasteiger partial charge is 0.143 e. The summed E-state index contributed by atoms with van der Waals surface area (Å²) in [6, 6.07) is 69.1. The maximum absolute atomic E-state index is 6.42. The van der Waals surface area contributed by atoms with Gasteiger partial charge in [0.1, 0.15) is 11.2 Å². The van der Waals surface area contributed by atoms with Gasteiger partial charge in [-0.3, -0.25) is 0 Å². The van der Waals surface area contributed by atoms with Gasteiger partial charge in [0.05, 0.1) is 16.7 Å². The van der Waals surface area contributed by atoms with Crippen molar-refractivity contribution in [3.63, 3.8) is 0 Å². The van der Waals surface area contributed by atoms with Crippen molar-refractivity contribution in [3.05, 3.63) is 194 Å². The molecule has 0 amide bonds. The first-order valence-electron chi connectivity index (χ1n) is 17.4. The third-order valence-corrected chi connectivity index (χ3v) is 10.0. The van der Waals surface area contributed by atoms with Crippen LogP contribution >= 0.6 is 0 Å². The second kappa shape index (κ2) is 11.9. The lowest BCUT2D eigenvalue weighted by Gasteiger charge is -2.27. The maximum Gasteiger partial charge on any atom is 0.143 e. The Labute approximate surface area is 295 Å². The molecule has 10 aromatic rings. The van der Waals surface area contributed by atoms with Crippen LogP contribution in [0.15, 0.2) is 199 Å². The minimum Gasteiger partial charge on any atom is -0.455 e. The molecule has 240 valence electrons. The summed E-state index contributed by atoms with van der Waals surface area (Å²) in [6.07, 6.45) is 0. The minimum absolute atomic E-state index is 0.907. The lowest BCUT2D eigenvalue weighted by Crippen LogP contribution is -2.10. The molecular weight excluding hydrogens is 621 g/mol. The van der Waals surface area contributed by atoms with E-state index in [9.17, 15) is 0 Å². The number of benzene rings is 8. The molecule has 0 N–H and O–H groups in total. The quantitative estimate of drug-likeness (QED) is 0.178. The number of nitrogens with zero attached hydrogens (tertiary/aromatic N) is 2. The summed E-state index contributed by atoms with van der Waals surface area (Å²) in [5, 5.41) is 4.69. The van der Waals surface area contributed by atoms with E-state index < -0.39 is 0 Å². The molecule has 3 heteroatoms. The first-order chi connectivity index (χ1) is 25.3. The number of fused-ring (bicyclic) bond motifs is 6. The van der Waals surface area contributed by atoms with Crippen LogP contribution in [0.25, 0.3) is 71.7 Å². The van der Waals surface area contributed by atoms with Crippen molar-refractivity contribution in [3.8, 4) is 27.9 Å². The summed E-state index contributed by atoms with van der Waals surface area (Å²) in [5.41, 5.74) is 13.2. The van der Waals surface area contributed by atoms with Crippen molar-refractivity contribution < 1.29 is 4.42 Å². The second-order valence-electron chi connectivity index (χ2n) is 12.9. The topological polar surface area (TPSA) is 21.3 Å². The molecule has 0 aliphatic heterocycles. The molecule has 0 radical (unpaired) electrons. The predicted molar refractivity (Wildman–Crippen MR) is 214 cm³/mol. The van der Waals surface area contributed by atoms with Crippen molar-refractivity contribution in [2.75, 3.05) is 4.90 Å². The van der Waals surface area contributed by atoms with Gasteiger partial charge in [-0.05, 0) is 77.4 Å². The lowest BCUT2D eigenvalue weighted by atomic mass is 10.0. The zero-order valence-corrected chi connectivity index (χ0v) is 27.8. The summed E-state index contributed by atoms with van der Waals surface area (Å²) in [4.78, 5) is 2.39.